The van der Waals surface area contributed by atoms with E-state index in [2.05, 4.69) is 5.32 Å². The molecule has 0 aliphatic heterocycles. The van der Waals surface area contributed by atoms with Gasteiger partial charge in [-0.2, -0.15) is 0 Å². The van der Waals surface area contributed by atoms with Gasteiger partial charge in [-0.25, -0.2) is 0 Å². The molecule has 0 fully saturated rings. The van der Waals surface area contributed by atoms with Crippen LogP contribution < -0.4 is 5.32 Å². The largest absolute Gasteiger partial charge is 0.481 e. The molecule has 1 rings (SSSR count). The van der Waals surface area contributed by atoms with Crippen molar-refractivity contribution in [1.29, 1.82) is 0 Å². The van der Waals surface area contributed by atoms with Gasteiger partial charge in [0.25, 0.3) is 0 Å². The molecule has 0 heterocycles. The summed E-state index contributed by atoms with van der Waals surface area (Å²) in [5.41, 5.74) is 2.60. The first kappa shape index (κ1) is 11.2. The Morgan fingerprint density at radius 1 is 1.33 bits per heavy atom. The highest BCUT2D eigenvalue weighted by Gasteiger charge is 2.08. The summed E-state index contributed by atoms with van der Waals surface area (Å²) < 4.78 is 0. The molecule has 0 bridgehead atoms. The van der Waals surface area contributed by atoms with Crippen LogP contribution in [0.2, 0.25) is 0 Å². The highest BCUT2D eigenvalue weighted by molar-refractivity contribution is 6.01. The highest BCUT2D eigenvalue weighted by atomic mass is 16.4. The van der Waals surface area contributed by atoms with Gasteiger partial charge in [-0.1, -0.05) is 12.1 Å². The molecule has 0 aromatic heterocycles. The number of benzene rings is 1. The smallest absolute Gasteiger partial charge is 0.312 e. The lowest BCUT2D eigenvalue weighted by Gasteiger charge is -2.07. The van der Waals surface area contributed by atoms with E-state index in [9.17, 15) is 9.59 Å². The molecule has 0 radical (unpaired) electrons. The summed E-state index contributed by atoms with van der Waals surface area (Å²) in [4.78, 5) is 21.5. The minimum absolute atomic E-state index is 0.504. The van der Waals surface area contributed by atoms with E-state index in [1.807, 2.05) is 32.0 Å². The van der Waals surface area contributed by atoms with E-state index in [4.69, 9.17) is 5.11 Å². The summed E-state index contributed by atoms with van der Waals surface area (Å²) in [7, 11) is 0. The summed E-state index contributed by atoms with van der Waals surface area (Å²) in [5, 5.41) is 11.0. The van der Waals surface area contributed by atoms with Crippen molar-refractivity contribution < 1.29 is 14.7 Å². The number of anilines is 1. The van der Waals surface area contributed by atoms with E-state index in [1.165, 1.54) is 0 Å². The van der Waals surface area contributed by atoms with Crippen molar-refractivity contribution in [3.8, 4) is 0 Å². The number of carboxylic acids is 1. The van der Waals surface area contributed by atoms with Crippen LogP contribution in [-0.2, 0) is 9.59 Å². The molecule has 1 aromatic rings. The normalized spacial score (nSPS) is 9.73. The highest BCUT2D eigenvalue weighted by Crippen LogP contribution is 2.16. The van der Waals surface area contributed by atoms with E-state index in [0.29, 0.717) is 5.69 Å². The number of rotatable bonds is 3. The van der Waals surface area contributed by atoms with Gasteiger partial charge in [0.2, 0.25) is 5.91 Å². The Bertz CT molecular complexity index is 399. The second kappa shape index (κ2) is 4.59. The second-order valence-electron chi connectivity index (χ2n) is 3.44. The number of aryl methyl sites for hydroxylation is 2. The molecule has 4 heteroatoms. The first-order valence-electron chi connectivity index (χ1n) is 4.58. The van der Waals surface area contributed by atoms with Crippen LogP contribution in [0.25, 0.3) is 0 Å². The van der Waals surface area contributed by atoms with Crippen LogP contribution in [0.1, 0.15) is 17.5 Å². The molecule has 4 nitrogen and oxygen atoms in total. The standard InChI is InChI=1S/C11H13NO3/c1-7-3-4-8(2)9(5-7)12-10(13)6-11(14)15/h3-5H,6H2,1-2H3,(H,12,13)(H,14,15). The van der Waals surface area contributed by atoms with Crippen molar-refractivity contribution in [2.45, 2.75) is 20.3 Å². The van der Waals surface area contributed by atoms with Gasteiger partial charge in [0.15, 0.2) is 0 Å². The first-order chi connectivity index (χ1) is 6.99. The number of carbonyl (C=O) groups excluding carboxylic acids is 1. The van der Waals surface area contributed by atoms with Gasteiger partial charge >= 0.3 is 5.97 Å². The van der Waals surface area contributed by atoms with E-state index in [0.717, 1.165) is 11.1 Å². The molecule has 0 aliphatic carbocycles. The summed E-state index contributed by atoms with van der Waals surface area (Å²) >= 11 is 0. The zero-order valence-corrected chi connectivity index (χ0v) is 8.70. The third-order valence-electron chi connectivity index (χ3n) is 1.98. The number of aliphatic carboxylic acids is 1. The summed E-state index contributed by atoms with van der Waals surface area (Å²) in [6, 6.07) is 5.63. The SMILES string of the molecule is Cc1ccc(C)c(NC(=O)CC(=O)O)c1. The third kappa shape index (κ3) is 3.42. The Kier molecular flexibility index (Phi) is 3.44. The molecule has 15 heavy (non-hydrogen) atoms. The number of hydrogen-bond acceptors (Lipinski definition) is 2. The van der Waals surface area contributed by atoms with E-state index in [-0.39, 0.29) is 0 Å². The minimum atomic E-state index is -1.13. The Morgan fingerprint density at radius 2 is 2.00 bits per heavy atom. The van der Waals surface area contributed by atoms with Gasteiger partial charge in [-0.05, 0) is 31.0 Å². The number of hydrogen-bond donors (Lipinski definition) is 2. The predicted molar refractivity (Wildman–Crippen MR) is 56.8 cm³/mol. The maximum absolute atomic E-state index is 11.2. The maximum Gasteiger partial charge on any atom is 0.312 e. The predicted octanol–water partition coefficient (Wildman–Crippen LogP) is 1.72. The average Bonchev–Trinajstić information content (AvgIpc) is 2.10. The summed E-state index contributed by atoms with van der Waals surface area (Å²) in [5.74, 6) is -1.63. The van der Waals surface area contributed by atoms with Crippen LogP contribution in [0.3, 0.4) is 0 Å². The Morgan fingerprint density at radius 3 is 2.60 bits per heavy atom. The van der Waals surface area contributed by atoms with Gasteiger partial charge in [0.05, 0.1) is 0 Å². The minimum Gasteiger partial charge on any atom is -0.481 e. The van der Waals surface area contributed by atoms with Crippen molar-refractivity contribution in [3.05, 3.63) is 29.3 Å². The Labute approximate surface area is 87.9 Å². The quantitative estimate of drug-likeness (QED) is 0.741. The Hall–Kier alpha value is -1.84. The number of nitrogens with one attached hydrogen (secondary N) is 1. The fourth-order valence-corrected chi connectivity index (χ4v) is 1.20. The summed E-state index contributed by atoms with van der Waals surface area (Å²) in [6.45, 7) is 3.77. The lowest BCUT2D eigenvalue weighted by atomic mass is 10.1. The van der Waals surface area contributed by atoms with Gasteiger partial charge < -0.3 is 10.4 Å². The molecule has 0 atom stereocenters. The van der Waals surface area contributed by atoms with Gasteiger partial charge in [-0.15, -0.1) is 0 Å². The number of carboxylic acid groups (broad SMARTS) is 1. The zero-order valence-electron chi connectivity index (χ0n) is 8.70. The molecule has 1 amide bonds. The van der Waals surface area contributed by atoms with Gasteiger partial charge in [0, 0.05) is 5.69 Å². The molecule has 80 valence electrons. The third-order valence-corrected chi connectivity index (χ3v) is 1.98. The fraction of sp³-hybridized carbons (Fsp3) is 0.273. The molecular formula is C11H13NO3. The number of amides is 1. The van der Waals surface area contributed by atoms with Crippen molar-refractivity contribution in [1.82, 2.24) is 0 Å². The van der Waals surface area contributed by atoms with Crippen LogP contribution in [0.5, 0.6) is 0 Å². The van der Waals surface area contributed by atoms with E-state index in [1.54, 1.807) is 0 Å². The molecule has 0 saturated carbocycles. The molecule has 0 aliphatic rings. The van der Waals surface area contributed by atoms with Crippen LogP contribution in [0.15, 0.2) is 18.2 Å². The van der Waals surface area contributed by atoms with Crippen LogP contribution in [0, 0.1) is 13.8 Å². The van der Waals surface area contributed by atoms with E-state index < -0.39 is 18.3 Å². The number of carbonyl (C=O) groups is 2. The molecule has 0 spiro atoms. The second-order valence-corrected chi connectivity index (χ2v) is 3.44. The summed E-state index contributed by atoms with van der Waals surface area (Å²) in [6.07, 6.45) is -0.507. The van der Waals surface area contributed by atoms with Crippen molar-refractivity contribution >= 4 is 17.6 Å². The maximum atomic E-state index is 11.2. The molecular weight excluding hydrogens is 194 g/mol. The van der Waals surface area contributed by atoms with E-state index >= 15 is 0 Å². The molecule has 1 aromatic carbocycles. The van der Waals surface area contributed by atoms with Crippen molar-refractivity contribution in [2.24, 2.45) is 0 Å². The zero-order chi connectivity index (χ0) is 11.4. The van der Waals surface area contributed by atoms with Crippen LogP contribution >= 0.6 is 0 Å². The molecule has 0 saturated heterocycles. The van der Waals surface area contributed by atoms with Crippen molar-refractivity contribution in [3.63, 3.8) is 0 Å². The molecule has 2 N–H and O–H groups in total. The first-order valence-corrected chi connectivity index (χ1v) is 4.58. The Balaban J connectivity index is 2.76. The van der Waals surface area contributed by atoms with Crippen LogP contribution in [-0.4, -0.2) is 17.0 Å². The van der Waals surface area contributed by atoms with Crippen LogP contribution in [0.4, 0.5) is 5.69 Å². The topological polar surface area (TPSA) is 66.4 Å². The van der Waals surface area contributed by atoms with Gasteiger partial charge in [-0.3, -0.25) is 9.59 Å². The monoisotopic (exact) mass is 207 g/mol. The van der Waals surface area contributed by atoms with Gasteiger partial charge in [0.1, 0.15) is 6.42 Å². The lowest BCUT2D eigenvalue weighted by molar-refractivity contribution is -0.139. The lowest BCUT2D eigenvalue weighted by Crippen LogP contribution is -2.16. The fourth-order valence-electron chi connectivity index (χ4n) is 1.20. The average molecular weight is 207 g/mol. The van der Waals surface area contributed by atoms with Crippen molar-refractivity contribution in [2.75, 3.05) is 5.32 Å². The molecule has 0 unspecified atom stereocenters.